The smallest absolute Gasteiger partial charge is 0.191 e. The van der Waals surface area contributed by atoms with E-state index >= 15 is 0 Å². The summed E-state index contributed by atoms with van der Waals surface area (Å²) in [6.07, 6.45) is 2.50. The molecule has 1 aromatic carbocycles. The monoisotopic (exact) mass is 491 g/mol. The van der Waals surface area contributed by atoms with Gasteiger partial charge in [-0.05, 0) is 36.8 Å². The van der Waals surface area contributed by atoms with Crippen LogP contribution in [0.15, 0.2) is 39.9 Å². The van der Waals surface area contributed by atoms with E-state index in [-0.39, 0.29) is 24.0 Å². The molecule has 6 nitrogen and oxygen atoms in total. The van der Waals surface area contributed by atoms with Gasteiger partial charge in [0.25, 0.3) is 0 Å². The second-order valence-electron chi connectivity index (χ2n) is 5.58. The molecule has 1 aliphatic rings. The number of nitrogens with zero attached hydrogens (tertiary/aromatic N) is 1. The van der Waals surface area contributed by atoms with Crippen LogP contribution in [0.4, 0.5) is 0 Å². The number of furan rings is 1. The summed E-state index contributed by atoms with van der Waals surface area (Å²) in [6, 6.07) is 7.59. The molecule has 2 aromatic rings. The van der Waals surface area contributed by atoms with Crippen LogP contribution in [0.1, 0.15) is 24.7 Å². The third-order valence-electron chi connectivity index (χ3n) is 3.64. The van der Waals surface area contributed by atoms with Gasteiger partial charge in [-0.25, -0.2) is 4.99 Å². The zero-order chi connectivity index (χ0) is 17.5. The van der Waals surface area contributed by atoms with E-state index in [4.69, 9.17) is 25.5 Å². The highest BCUT2D eigenvalue weighted by Crippen LogP contribution is 2.38. The molecule has 0 unspecified atom stereocenters. The highest BCUT2D eigenvalue weighted by Gasteiger charge is 2.15. The average molecular weight is 492 g/mol. The fourth-order valence-electron chi connectivity index (χ4n) is 2.47. The van der Waals surface area contributed by atoms with Crippen molar-refractivity contribution in [1.29, 1.82) is 0 Å². The summed E-state index contributed by atoms with van der Waals surface area (Å²) in [7, 11) is 0. The third kappa shape index (κ3) is 5.70. The predicted octanol–water partition coefficient (Wildman–Crippen LogP) is 3.97. The van der Waals surface area contributed by atoms with Gasteiger partial charge in [0.05, 0.1) is 37.6 Å². The van der Waals surface area contributed by atoms with Crippen molar-refractivity contribution in [2.75, 3.05) is 19.8 Å². The molecule has 142 valence electrons. The van der Waals surface area contributed by atoms with Gasteiger partial charge in [0, 0.05) is 13.0 Å². The number of rotatable bonds is 5. The molecule has 0 fully saturated rings. The van der Waals surface area contributed by atoms with Gasteiger partial charge in [-0.1, -0.05) is 11.6 Å². The second-order valence-corrected chi connectivity index (χ2v) is 5.99. The second kappa shape index (κ2) is 10.5. The van der Waals surface area contributed by atoms with Gasteiger partial charge in [0.2, 0.25) is 0 Å². The summed E-state index contributed by atoms with van der Waals surface area (Å²) in [5.74, 6) is 2.87. The van der Waals surface area contributed by atoms with Crippen molar-refractivity contribution in [2.45, 2.75) is 26.4 Å². The topological polar surface area (TPSA) is 68.0 Å². The Morgan fingerprint density at radius 2 is 2.08 bits per heavy atom. The number of hydrogen-bond donors (Lipinski definition) is 2. The van der Waals surface area contributed by atoms with Gasteiger partial charge in [0.15, 0.2) is 17.5 Å². The number of fused-ring (bicyclic) bond motifs is 1. The Kier molecular flexibility index (Phi) is 8.37. The van der Waals surface area contributed by atoms with Crippen LogP contribution >= 0.6 is 35.6 Å². The minimum Gasteiger partial charge on any atom is -0.489 e. The molecular formula is C18H23ClIN3O3. The van der Waals surface area contributed by atoms with Crippen molar-refractivity contribution in [3.05, 3.63) is 46.9 Å². The lowest BCUT2D eigenvalue weighted by molar-refractivity contribution is 0.297. The Morgan fingerprint density at radius 3 is 2.85 bits per heavy atom. The van der Waals surface area contributed by atoms with Gasteiger partial charge in [0.1, 0.15) is 5.76 Å². The molecule has 1 aromatic heterocycles. The maximum atomic E-state index is 6.33. The Labute approximate surface area is 175 Å². The van der Waals surface area contributed by atoms with Crippen LogP contribution in [0.5, 0.6) is 11.5 Å². The van der Waals surface area contributed by atoms with E-state index in [1.807, 2.05) is 31.2 Å². The van der Waals surface area contributed by atoms with Crippen LogP contribution in [0.2, 0.25) is 5.02 Å². The molecule has 2 N–H and O–H groups in total. The average Bonchev–Trinajstić information content (AvgIpc) is 3.01. The Morgan fingerprint density at radius 1 is 1.23 bits per heavy atom. The quantitative estimate of drug-likeness (QED) is 0.376. The SMILES string of the molecule is CCNC(=NCc1cc(Cl)c2c(c1)OCCCO2)NCc1ccco1.I. The summed E-state index contributed by atoms with van der Waals surface area (Å²) in [5, 5.41) is 7.00. The predicted molar refractivity (Wildman–Crippen MR) is 113 cm³/mol. The molecule has 0 bridgehead atoms. The molecule has 1 aliphatic heterocycles. The summed E-state index contributed by atoms with van der Waals surface area (Å²) in [6.45, 7) is 5.08. The molecule has 2 heterocycles. The molecule has 0 aliphatic carbocycles. The number of halogens is 2. The first-order chi connectivity index (χ1) is 12.3. The highest BCUT2D eigenvalue weighted by atomic mass is 127. The molecule has 0 radical (unpaired) electrons. The molecule has 0 saturated carbocycles. The number of benzene rings is 1. The first-order valence-corrected chi connectivity index (χ1v) is 8.76. The van der Waals surface area contributed by atoms with Crippen LogP contribution in [-0.2, 0) is 13.1 Å². The lowest BCUT2D eigenvalue weighted by Gasteiger charge is -2.12. The van der Waals surface area contributed by atoms with Crippen molar-refractivity contribution in [3.8, 4) is 11.5 Å². The maximum absolute atomic E-state index is 6.33. The number of ether oxygens (including phenoxy) is 2. The fraction of sp³-hybridized carbons (Fsp3) is 0.389. The van der Waals surface area contributed by atoms with E-state index in [1.54, 1.807) is 6.26 Å². The Balaban J connectivity index is 0.00000243. The summed E-state index contributed by atoms with van der Waals surface area (Å²) < 4.78 is 16.7. The van der Waals surface area contributed by atoms with Crippen molar-refractivity contribution < 1.29 is 13.9 Å². The van der Waals surface area contributed by atoms with E-state index < -0.39 is 0 Å². The molecule has 0 saturated heterocycles. The molecule has 0 spiro atoms. The largest absolute Gasteiger partial charge is 0.489 e. The Hall–Kier alpha value is -1.61. The number of guanidine groups is 1. The van der Waals surface area contributed by atoms with Crippen LogP contribution in [-0.4, -0.2) is 25.7 Å². The minimum absolute atomic E-state index is 0. The van der Waals surface area contributed by atoms with E-state index in [1.165, 1.54) is 0 Å². The summed E-state index contributed by atoms with van der Waals surface area (Å²) in [4.78, 5) is 4.59. The van der Waals surface area contributed by atoms with Crippen molar-refractivity contribution in [1.82, 2.24) is 10.6 Å². The number of nitrogens with one attached hydrogen (secondary N) is 2. The molecule has 0 atom stereocenters. The zero-order valence-corrected chi connectivity index (χ0v) is 17.7. The normalized spacial score (nSPS) is 13.5. The summed E-state index contributed by atoms with van der Waals surface area (Å²) in [5.41, 5.74) is 0.962. The van der Waals surface area contributed by atoms with Gasteiger partial charge in [-0.3, -0.25) is 0 Å². The molecule has 3 rings (SSSR count). The van der Waals surface area contributed by atoms with Crippen molar-refractivity contribution in [3.63, 3.8) is 0 Å². The van der Waals surface area contributed by atoms with E-state index in [9.17, 15) is 0 Å². The fourth-order valence-corrected chi connectivity index (χ4v) is 2.76. The van der Waals surface area contributed by atoms with Gasteiger partial charge in [-0.15, -0.1) is 24.0 Å². The van der Waals surface area contributed by atoms with Crippen molar-refractivity contribution >= 4 is 41.5 Å². The maximum Gasteiger partial charge on any atom is 0.191 e. The first-order valence-electron chi connectivity index (χ1n) is 8.39. The first kappa shape index (κ1) is 20.7. The van der Waals surface area contributed by atoms with Gasteiger partial charge < -0.3 is 24.5 Å². The van der Waals surface area contributed by atoms with Crippen molar-refractivity contribution in [2.24, 2.45) is 4.99 Å². The van der Waals surface area contributed by atoms with Crippen LogP contribution in [0.25, 0.3) is 0 Å². The van der Waals surface area contributed by atoms with Gasteiger partial charge in [-0.2, -0.15) is 0 Å². The third-order valence-corrected chi connectivity index (χ3v) is 3.92. The lowest BCUT2D eigenvalue weighted by Crippen LogP contribution is -2.36. The summed E-state index contributed by atoms with van der Waals surface area (Å²) >= 11 is 6.33. The van der Waals surface area contributed by atoms with E-state index in [0.29, 0.717) is 48.8 Å². The minimum atomic E-state index is 0. The molecule has 26 heavy (non-hydrogen) atoms. The Bertz CT molecular complexity index is 723. The van der Waals surface area contributed by atoms with Gasteiger partial charge >= 0.3 is 0 Å². The van der Waals surface area contributed by atoms with Crippen LogP contribution in [0.3, 0.4) is 0 Å². The number of aliphatic imine (C=N–C) groups is 1. The number of hydrogen-bond acceptors (Lipinski definition) is 4. The molecular weight excluding hydrogens is 469 g/mol. The van der Waals surface area contributed by atoms with E-state index in [0.717, 1.165) is 24.3 Å². The molecule has 8 heteroatoms. The lowest BCUT2D eigenvalue weighted by atomic mass is 10.2. The molecule has 0 amide bonds. The van der Waals surface area contributed by atoms with Crippen LogP contribution < -0.4 is 20.1 Å². The standard InChI is InChI=1S/C18H22ClN3O3.HI/c1-2-20-18(22-12-14-5-3-6-23-14)21-11-13-9-15(19)17-16(10-13)24-7-4-8-25-17;/h3,5-6,9-10H,2,4,7-8,11-12H2,1H3,(H2,20,21,22);1H. The highest BCUT2D eigenvalue weighted by molar-refractivity contribution is 14.0. The van der Waals surface area contributed by atoms with Crippen LogP contribution in [0, 0.1) is 0 Å². The zero-order valence-electron chi connectivity index (χ0n) is 14.6. The van der Waals surface area contributed by atoms with E-state index in [2.05, 4.69) is 15.6 Å².